The Hall–Kier alpha value is -2.71. The Morgan fingerprint density at radius 1 is 1.33 bits per heavy atom. The summed E-state index contributed by atoms with van der Waals surface area (Å²) in [6.07, 6.45) is 1.57. The molecule has 142 valence electrons. The minimum atomic E-state index is -0.993. The van der Waals surface area contributed by atoms with Crippen LogP contribution in [0, 0.1) is 0 Å². The lowest BCUT2D eigenvalue weighted by Crippen LogP contribution is -2.48. The molecule has 27 heavy (non-hydrogen) atoms. The number of piperidine rings is 1. The van der Waals surface area contributed by atoms with E-state index < -0.39 is 5.60 Å². The van der Waals surface area contributed by atoms with Gasteiger partial charge in [-0.3, -0.25) is 9.89 Å². The predicted molar refractivity (Wildman–Crippen MR) is 103 cm³/mol. The van der Waals surface area contributed by atoms with Crippen LogP contribution in [0.5, 0.6) is 0 Å². The molecule has 0 spiro atoms. The number of carbonyl (C=O) groups is 1. The number of hydrogen-bond acceptors (Lipinski definition) is 5. The molecular formula is C19H24N6O2. The van der Waals surface area contributed by atoms with Crippen LogP contribution >= 0.6 is 0 Å². The van der Waals surface area contributed by atoms with E-state index in [0.717, 1.165) is 29.6 Å². The third-order valence-electron chi connectivity index (χ3n) is 5.09. The molecule has 1 saturated heterocycles. The molecule has 0 aliphatic carbocycles. The first-order valence-electron chi connectivity index (χ1n) is 9.12. The molecule has 0 bridgehead atoms. The lowest BCUT2D eigenvalue weighted by molar-refractivity contribution is -0.123. The van der Waals surface area contributed by atoms with Gasteiger partial charge < -0.3 is 15.3 Å². The van der Waals surface area contributed by atoms with E-state index in [0.29, 0.717) is 24.4 Å². The second-order valence-electron chi connectivity index (χ2n) is 7.43. The number of nitrogens with one attached hydrogen (secondary N) is 2. The Bertz CT molecular complexity index is 963. The van der Waals surface area contributed by atoms with Crippen LogP contribution < -0.4 is 5.32 Å². The molecule has 3 heterocycles. The lowest BCUT2D eigenvalue weighted by atomic mass is 9.89. The van der Waals surface area contributed by atoms with Gasteiger partial charge in [-0.1, -0.05) is 30.3 Å². The number of likely N-dealkylation sites (tertiary alicyclic amines) is 1. The molecule has 1 aromatic carbocycles. The fourth-order valence-electron chi connectivity index (χ4n) is 3.89. The van der Waals surface area contributed by atoms with Crippen molar-refractivity contribution in [2.24, 2.45) is 7.05 Å². The molecule has 1 amide bonds. The van der Waals surface area contributed by atoms with Gasteiger partial charge >= 0.3 is 0 Å². The molecule has 1 aliphatic heterocycles. The van der Waals surface area contributed by atoms with E-state index in [9.17, 15) is 9.90 Å². The monoisotopic (exact) mass is 368 g/mol. The van der Waals surface area contributed by atoms with Gasteiger partial charge in [-0.05, 0) is 26.4 Å². The van der Waals surface area contributed by atoms with Crippen molar-refractivity contribution in [3.05, 3.63) is 30.3 Å². The zero-order chi connectivity index (χ0) is 19.0. The van der Waals surface area contributed by atoms with Gasteiger partial charge in [-0.25, -0.2) is 4.68 Å². The maximum Gasteiger partial charge on any atom is 0.228 e. The maximum absolute atomic E-state index is 12.6. The van der Waals surface area contributed by atoms with Gasteiger partial charge in [0, 0.05) is 19.2 Å². The molecule has 2 aromatic heterocycles. The summed E-state index contributed by atoms with van der Waals surface area (Å²) in [5.74, 6) is 0.274. The second kappa shape index (κ2) is 6.79. The van der Waals surface area contributed by atoms with Crippen molar-refractivity contribution in [2.45, 2.75) is 24.9 Å². The average molecular weight is 368 g/mol. The van der Waals surface area contributed by atoms with Crippen molar-refractivity contribution in [1.29, 1.82) is 0 Å². The summed E-state index contributed by atoms with van der Waals surface area (Å²) in [5.41, 5.74) is 1.38. The summed E-state index contributed by atoms with van der Waals surface area (Å²) in [6, 6.07) is 9.79. The Kier molecular flexibility index (Phi) is 4.45. The van der Waals surface area contributed by atoms with Crippen LogP contribution in [0.2, 0.25) is 0 Å². The van der Waals surface area contributed by atoms with E-state index in [1.807, 2.05) is 44.4 Å². The number of fused-ring (bicyclic) bond motifs is 1. The maximum atomic E-state index is 12.6. The first-order valence-corrected chi connectivity index (χ1v) is 9.12. The van der Waals surface area contributed by atoms with Crippen molar-refractivity contribution in [3.63, 3.8) is 0 Å². The van der Waals surface area contributed by atoms with E-state index >= 15 is 0 Å². The number of rotatable bonds is 4. The summed E-state index contributed by atoms with van der Waals surface area (Å²) in [6.45, 7) is 1.45. The molecule has 1 atom stereocenters. The number of H-pyrrole nitrogens is 1. The third-order valence-corrected chi connectivity index (χ3v) is 5.09. The van der Waals surface area contributed by atoms with Gasteiger partial charge in [0.2, 0.25) is 5.91 Å². The number of aliphatic hydroxyl groups is 1. The van der Waals surface area contributed by atoms with E-state index in [-0.39, 0.29) is 12.3 Å². The number of nitrogens with zero attached hydrogens (tertiary/aromatic N) is 4. The van der Waals surface area contributed by atoms with E-state index in [1.54, 1.807) is 4.68 Å². The highest BCUT2D eigenvalue weighted by molar-refractivity contribution is 6.05. The first kappa shape index (κ1) is 17.7. The van der Waals surface area contributed by atoms with Crippen LogP contribution in [0.25, 0.3) is 22.3 Å². The normalized spacial score (nSPS) is 20.9. The number of aryl methyl sites for hydroxylation is 1. The molecule has 3 aromatic rings. The summed E-state index contributed by atoms with van der Waals surface area (Å²) in [4.78, 5) is 14.7. The number of hydrogen-bond donors (Lipinski definition) is 3. The Balaban J connectivity index is 1.60. The largest absolute Gasteiger partial charge is 0.388 e. The first-order chi connectivity index (χ1) is 13.0. The van der Waals surface area contributed by atoms with Gasteiger partial charge in [-0.2, -0.15) is 10.2 Å². The molecule has 8 nitrogen and oxygen atoms in total. The van der Waals surface area contributed by atoms with Crippen LogP contribution in [-0.4, -0.2) is 61.6 Å². The van der Waals surface area contributed by atoms with Crippen molar-refractivity contribution < 1.29 is 9.90 Å². The van der Waals surface area contributed by atoms with Crippen molar-refractivity contribution >= 4 is 22.8 Å². The molecular weight excluding hydrogens is 344 g/mol. The van der Waals surface area contributed by atoms with E-state index in [2.05, 4.69) is 25.5 Å². The van der Waals surface area contributed by atoms with Gasteiger partial charge in [-0.15, -0.1) is 0 Å². The molecule has 1 aliphatic rings. The zero-order valence-corrected chi connectivity index (χ0v) is 15.6. The highest BCUT2D eigenvalue weighted by Gasteiger charge is 2.34. The fraction of sp³-hybridized carbons (Fsp3) is 0.421. The zero-order valence-electron chi connectivity index (χ0n) is 15.6. The highest BCUT2D eigenvalue weighted by Crippen LogP contribution is 2.32. The van der Waals surface area contributed by atoms with Crippen molar-refractivity contribution in [1.82, 2.24) is 24.9 Å². The van der Waals surface area contributed by atoms with Crippen LogP contribution in [0.15, 0.2) is 30.3 Å². The van der Waals surface area contributed by atoms with Gasteiger partial charge in [0.1, 0.15) is 11.5 Å². The molecule has 3 N–H and O–H groups in total. The quantitative estimate of drug-likeness (QED) is 0.652. The summed E-state index contributed by atoms with van der Waals surface area (Å²) >= 11 is 0. The Morgan fingerprint density at radius 3 is 2.85 bits per heavy atom. The van der Waals surface area contributed by atoms with E-state index in [1.165, 1.54) is 0 Å². The number of β-amino-alcohol motifs (C(OH)–C–C–N with tert-alkyl or cyclic N) is 1. The standard InChI is InChI=1S/C19H24N6O2/c1-24-10-6-9-19(27,12-24)11-14(26)20-17-15-16(13-7-4-3-5-8-13)23-25(2)18(15)22-21-17/h3-5,7-8,27H,6,9-12H2,1-2H3,(H2,20,21,22,26). The lowest BCUT2D eigenvalue weighted by Gasteiger charge is -2.36. The number of likely N-dealkylation sites (N-methyl/N-ethyl adjacent to an activating group) is 1. The van der Waals surface area contributed by atoms with Gasteiger partial charge in [0.15, 0.2) is 5.65 Å². The smallest absolute Gasteiger partial charge is 0.228 e. The molecule has 1 unspecified atom stereocenters. The van der Waals surface area contributed by atoms with Gasteiger partial charge in [0.05, 0.1) is 17.4 Å². The number of aromatic amines is 1. The average Bonchev–Trinajstić information content (AvgIpc) is 3.17. The molecule has 8 heteroatoms. The molecule has 1 fully saturated rings. The van der Waals surface area contributed by atoms with Crippen LogP contribution in [-0.2, 0) is 11.8 Å². The number of amides is 1. The highest BCUT2D eigenvalue weighted by atomic mass is 16.3. The molecule has 4 rings (SSSR count). The van der Waals surface area contributed by atoms with E-state index in [4.69, 9.17) is 0 Å². The third kappa shape index (κ3) is 3.45. The predicted octanol–water partition coefficient (Wildman–Crippen LogP) is 1.75. The SMILES string of the molecule is CN1CCCC(O)(CC(=O)Nc2[nH]nc3c2c(-c2ccccc2)nn3C)C1. The number of carbonyl (C=O) groups excluding carboxylic acids is 1. The topological polar surface area (TPSA) is 99.1 Å². The summed E-state index contributed by atoms with van der Waals surface area (Å²) < 4.78 is 1.69. The molecule has 0 saturated carbocycles. The van der Waals surface area contributed by atoms with Crippen LogP contribution in [0.3, 0.4) is 0 Å². The fourth-order valence-corrected chi connectivity index (χ4v) is 3.89. The Labute approximate surface area is 157 Å². The van der Waals surface area contributed by atoms with Crippen LogP contribution in [0.1, 0.15) is 19.3 Å². The number of aromatic nitrogens is 4. The summed E-state index contributed by atoms with van der Waals surface area (Å²) in [5, 5.41) is 26.1. The van der Waals surface area contributed by atoms with Crippen molar-refractivity contribution in [2.75, 3.05) is 25.5 Å². The number of benzene rings is 1. The minimum Gasteiger partial charge on any atom is -0.388 e. The Morgan fingerprint density at radius 2 is 2.11 bits per heavy atom. The molecule has 0 radical (unpaired) electrons. The van der Waals surface area contributed by atoms with Crippen molar-refractivity contribution in [3.8, 4) is 11.3 Å². The number of anilines is 1. The summed E-state index contributed by atoms with van der Waals surface area (Å²) in [7, 11) is 3.78. The second-order valence-corrected chi connectivity index (χ2v) is 7.43. The van der Waals surface area contributed by atoms with Gasteiger partial charge in [0.25, 0.3) is 0 Å². The van der Waals surface area contributed by atoms with Crippen LogP contribution in [0.4, 0.5) is 5.82 Å². The minimum absolute atomic E-state index is 0.0544.